The van der Waals surface area contributed by atoms with Crippen LogP contribution in [0.3, 0.4) is 0 Å². The number of para-hydroxylation sites is 1. The lowest BCUT2D eigenvalue weighted by Crippen LogP contribution is -2.24. The molecule has 1 aliphatic rings. The average Bonchev–Trinajstić information content (AvgIpc) is 2.82. The molecule has 3 rings (SSSR count). The third-order valence-electron chi connectivity index (χ3n) is 3.63. The van der Waals surface area contributed by atoms with E-state index in [0.29, 0.717) is 0 Å². The molecule has 0 fully saturated rings. The number of nitrogens with one attached hydrogen (secondary N) is 1. The highest BCUT2D eigenvalue weighted by Gasteiger charge is 2.21. The Morgan fingerprint density at radius 2 is 2.00 bits per heavy atom. The Hall–Kier alpha value is -1.96. The first kappa shape index (κ1) is 12.1. The fourth-order valence-electron chi connectivity index (χ4n) is 2.52. The number of fused-ring (bicyclic) bond motifs is 1. The quantitative estimate of drug-likeness (QED) is 0.900. The van der Waals surface area contributed by atoms with Gasteiger partial charge in [0.2, 0.25) is 0 Å². The van der Waals surface area contributed by atoms with Crippen LogP contribution in [0.5, 0.6) is 5.75 Å². The number of aryl methyl sites for hydroxylation is 2. The van der Waals surface area contributed by atoms with Crippen LogP contribution in [0.4, 0.5) is 5.69 Å². The number of hydrogen-bond donors (Lipinski definition) is 1. The lowest BCUT2D eigenvalue weighted by molar-refractivity contribution is 0.246. The molecule has 0 aliphatic carbocycles. The van der Waals surface area contributed by atoms with Crippen molar-refractivity contribution in [2.45, 2.75) is 26.4 Å². The summed E-state index contributed by atoms with van der Waals surface area (Å²) in [5.41, 5.74) is 5.08. The second-order valence-corrected chi connectivity index (χ2v) is 5.25. The van der Waals surface area contributed by atoms with Crippen molar-refractivity contribution >= 4 is 5.69 Å². The molecule has 98 valence electrons. The van der Waals surface area contributed by atoms with E-state index in [-0.39, 0.29) is 6.10 Å². The Morgan fingerprint density at radius 1 is 1.16 bits per heavy atom. The number of hydrogen-bond acceptors (Lipinski definition) is 2. The van der Waals surface area contributed by atoms with E-state index in [1.807, 2.05) is 12.1 Å². The van der Waals surface area contributed by atoms with Crippen LogP contribution in [0.1, 0.15) is 16.7 Å². The Labute approximate surface area is 114 Å². The SMILES string of the molecule is Cc1ccc(C)c(NCC2Cc3ccccc3O2)c1. The number of benzene rings is 2. The third-order valence-corrected chi connectivity index (χ3v) is 3.63. The van der Waals surface area contributed by atoms with Crippen molar-refractivity contribution < 1.29 is 4.74 Å². The zero-order valence-corrected chi connectivity index (χ0v) is 11.4. The van der Waals surface area contributed by atoms with Gasteiger partial charge in [0.1, 0.15) is 11.9 Å². The first-order valence-corrected chi connectivity index (χ1v) is 6.78. The van der Waals surface area contributed by atoms with Gasteiger partial charge in [0.15, 0.2) is 0 Å². The van der Waals surface area contributed by atoms with Crippen LogP contribution in [-0.4, -0.2) is 12.6 Å². The van der Waals surface area contributed by atoms with Crippen molar-refractivity contribution in [1.29, 1.82) is 0 Å². The Balaban J connectivity index is 1.64. The smallest absolute Gasteiger partial charge is 0.123 e. The molecule has 0 saturated heterocycles. The van der Waals surface area contributed by atoms with E-state index in [4.69, 9.17) is 4.74 Å². The molecule has 0 aromatic heterocycles. The number of rotatable bonds is 3. The highest BCUT2D eigenvalue weighted by molar-refractivity contribution is 5.52. The van der Waals surface area contributed by atoms with Crippen molar-refractivity contribution in [2.75, 3.05) is 11.9 Å². The maximum absolute atomic E-state index is 5.94. The minimum absolute atomic E-state index is 0.234. The van der Waals surface area contributed by atoms with Gasteiger partial charge in [-0.25, -0.2) is 0 Å². The van der Waals surface area contributed by atoms with Crippen LogP contribution in [0, 0.1) is 13.8 Å². The van der Waals surface area contributed by atoms with Crippen LogP contribution in [0.25, 0.3) is 0 Å². The summed E-state index contributed by atoms with van der Waals surface area (Å²) < 4.78 is 5.94. The summed E-state index contributed by atoms with van der Waals surface area (Å²) in [4.78, 5) is 0. The summed E-state index contributed by atoms with van der Waals surface area (Å²) in [6.45, 7) is 5.09. The zero-order chi connectivity index (χ0) is 13.2. The fourth-order valence-corrected chi connectivity index (χ4v) is 2.52. The molecule has 0 radical (unpaired) electrons. The van der Waals surface area contributed by atoms with Gasteiger partial charge < -0.3 is 10.1 Å². The van der Waals surface area contributed by atoms with E-state index in [1.165, 1.54) is 22.4 Å². The molecule has 1 atom stereocenters. The topological polar surface area (TPSA) is 21.3 Å². The van der Waals surface area contributed by atoms with Gasteiger partial charge in [0.05, 0.1) is 6.54 Å². The molecule has 2 heteroatoms. The van der Waals surface area contributed by atoms with Crippen LogP contribution in [0.15, 0.2) is 42.5 Å². The highest BCUT2D eigenvalue weighted by atomic mass is 16.5. The van der Waals surface area contributed by atoms with Gasteiger partial charge >= 0.3 is 0 Å². The monoisotopic (exact) mass is 253 g/mol. The molecule has 19 heavy (non-hydrogen) atoms. The number of anilines is 1. The summed E-state index contributed by atoms with van der Waals surface area (Å²) >= 11 is 0. The standard InChI is InChI=1S/C17H19NO/c1-12-7-8-13(2)16(9-12)18-11-15-10-14-5-3-4-6-17(14)19-15/h3-9,15,18H,10-11H2,1-2H3. The average molecular weight is 253 g/mol. The van der Waals surface area contributed by atoms with Crippen LogP contribution in [-0.2, 0) is 6.42 Å². The van der Waals surface area contributed by atoms with E-state index >= 15 is 0 Å². The molecule has 0 saturated carbocycles. The molecular weight excluding hydrogens is 234 g/mol. The minimum atomic E-state index is 0.234. The van der Waals surface area contributed by atoms with Crippen LogP contribution in [0.2, 0.25) is 0 Å². The van der Waals surface area contributed by atoms with E-state index in [0.717, 1.165) is 18.7 Å². The normalized spacial score (nSPS) is 16.8. The van der Waals surface area contributed by atoms with E-state index < -0.39 is 0 Å². The molecule has 1 heterocycles. The van der Waals surface area contributed by atoms with E-state index in [2.05, 4.69) is 49.5 Å². The summed E-state index contributed by atoms with van der Waals surface area (Å²) in [5.74, 6) is 1.04. The molecular formula is C17H19NO. The van der Waals surface area contributed by atoms with E-state index in [1.54, 1.807) is 0 Å². The van der Waals surface area contributed by atoms with Crippen molar-refractivity contribution in [1.82, 2.24) is 0 Å². The fraction of sp³-hybridized carbons (Fsp3) is 0.294. The molecule has 2 nitrogen and oxygen atoms in total. The lowest BCUT2D eigenvalue weighted by Gasteiger charge is -2.15. The predicted molar refractivity (Wildman–Crippen MR) is 79.0 cm³/mol. The summed E-state index contributed by atoms with van der Waals surface area (Å²) in [6.07, 6.45) is 1.23. The Bertz CT molecular complexity index is 567. The second-order valence-electron chi connectivity index (χ2n) is 5.25. The van der Waals surface area contributed by atoms with Gasteiger partial charge in [-0.1, -0.05) is 30.3 Å². The molecule has 0 bridgehead atoms. The van der Waals surface area contributed by atoms with Gasteiger partial charge in [0, 0.05) is 12.1 Å². The number of ether oxygens (including phenoxy) is 1. The maximum atomic E-state index is 5.94. The van der Waals surface area contributed by atoms with Gasteiger partial charge in [-0.15, -0.1) is 0 Å². The van der Waals surface area contributed by atoms with Crippen LogP contribution < -0.4 is 10.1 Å². The van der Waals surface area contributed by atoms with Crippen molar-refractivity contribution in [2.24, 2.45) is 0 Å². The first-order valence-electron chi connectivity index (χ1n) is 6.78. The molecule has 1 unspecified atom stereocenters. The highest BCUT2D eigenvalue weighted by Crippen LogP contribution is 2.28. The van der Waals surface area contributed by atoms with E-state index in [9.17, 15) is 0 Å². The first-order chi connectivity index (χ1) is 9.22. The lowest BCUT2D eigenvalue weighted by atomic mass is 10.1. The maximum Gasteiger partial charge on any atom is 0.123 e. The van der Waals surface area contributed by atoms with Crippen molar-refractivity contribution in [3.05, 3.63) is 59.2 Å². The molecule has 2 aromatic rings. The summed E-state index contributed by atoms with van der Waals surface area (Å²) in [5, 5.41) is 3.51. The van der Waals surface area contributed by atoms with Gasteiger partial charge in [-0.3, -0.25) is 0 Å². The molecule has 0 amide bonds. The van der Waals surface area contributed by atoms with Crippen molar-refractivity contribution in [3.63, 3.8) is 0 Å². The summed E-state index contributed by atoms with van der Waals surface area (Å²) in [7, 11) is 0. The van der Waals surface area contributed by atoms with Crippen molar-refractivity contribution in [3.8, 4) is 5.75 Å². The Morgan fingerprint density at radius 3 is 2.84 bits per heavy atom. The molecule has 1 aliphatic heterocycles. The molecule has 1 N–H and O–H groups in total. The molecule has 0 spiro atoms. The second kappa shape index (κ2) is 4.96. The third kappa shape index (κ3) is 2.58. The van der Waals surface area contributed by atoms with Gasteiger partial charge in [-0.2, -0.15) is 0 Å². The summed E-state index contributed by atoms with van der Waals surface area (Å²) in [6, 6.07) is 14.8. The minimum Gasteiger partial charge on any atom is -0.488 e. The predicted octanol–water partition coefficient (Wildman–Crippen LogP) is 3.72. The Kier molecular flexibility index (Phi) is 3.16. The van der Waals surface area contributed by atoms with Gasteiger partial charge in [-0.05, 0) is 42.7 Å². The van der Waals surface area contributed by atoms with Gasteiger partial charge in [0.25, 0.3) is 0 Å². The molecule has 2 aromatic carbocycles. The zero-order valence-electron chi connectivity index (χ0n) is 11.4. The largest absolute Gasteiger partial charge is 0.488 e. The van der Waals surface area contributed by atoms with Crippen LogP contribution >= 0.6 is 0 Å².